The lowest BCUT2D eigenvalue weighted by Crippen LogP contribution is -2.38. The average molecular weight is 554 g/mol. The first-order valence-electron chi connectivity index (χ1n) is 13.3. The number of benzene rings is 3. The molecule has 0 spiro atoms. The number of imidazole rings is 1. The van der Waals surface area contributed by atoms with Crippen molar-refractivity contribution in [2.24, 2.45) is 0 Å². The number of aliphatic hydroxyl groups is 2. The van der Waals surface area contributed by atoms with Crippen molar-refractivity contribution in [1.82, 2.24) is 19.5 Å². The molecule has 5 aromatic rings. The second-order valence-corrected chi connectivity index (χ2v) is 9.82. The summed E-state index contributed by atoms with van der Waals surface area (Å²) in [6.45, 7) is -0.343. The molecule has 210 valence electrons. The molecule has 0 saturated carbocycles. The summed E-state index contributed by atoms with van der Waals surface area (Å²) in [7, 11) is 3.14. The normalized spacial score (nSPS) is 20.8. The van der Waals surface area contributed by atoms with Crippen LogP contribution in [0.2, 0.25) is 0 Å². The quantitative estimate of drug-likeness (QED) is 0.235. The summed E-state index contributed by atoms with van der Waals surface area (Å²) in [5.74, 6) is 1.25. The molecule has 3 heterocycles. The van der Waals surface area contributed by atoms with Gasteiger partial charge in [0.2, 0.25) is 0 Å². The Morgan fingerprint density at radius 1 is 0.878 bits per heavy atom. The van der Waals surface area contributed by atoms with Gasteiger partial charge in [0.15, 0.2) is 23.2 Å². The highest BCUT2D eigenvalue weighted by atomic mass is 16.6. The standard InChI is InChI=1S/C31H31N5O5/c1-39-23-15-13-22(14-16-23)31(20-9-5-3-6-10-20,21-11-7-4-8-12-21)35-28-25-29(33-18-32-28)36(19-34-25)30-27(40-2)26(38)24(17-37)41-30/h3-16,18-19,24,26-27,30,37-38H,17H2,1-2H3,(H,32,33,35)/t24-,26-,27-,30-/m1/s1. The predicted molar refractivity (Wildman–Crippen MR) is 153 cm³/mol. The van der Waals surface area contributed by atoms with Gasteiger partial charge >= 0.3 is 0 Å². The predicted octanol–water partition coefficient (Wildman–Crippen LogP) is 3.50. The minimum atomic E-state index is -1.01. The van der Waals surface area contributed by atoms with E-state index < -0.39 is 30.1 Å². The molecule has 10 nitrogen and oxygen atoms in total. The Morgan fingerprint density at radius 2 is 1.51 bits per heavy atom. The topological polar surface area (TPSA) is 124 Å². The Hall–Kier alpha value is -4.35. The molecule has 0 bridgehead atoms. The lowest BCUT2D eigenvalue weighted by molar-refractivity contribution is -0.0583. The largest absolute Gasteiger partial charge is 0.497 e. The van der Waals surface area contributed by atoms with Crippen LogP contribution in [0.25, 0.3) is 11.2 Å². The summed E-state index contributed by atoms with van der Waals surface area (Å²) in [4.78, 5) is 13.8. The number of aliphatic hydroxyl groups excluding tert-OH is 2. The fourth-order valence-electron chi connectivity index (χ4n) is 5.59. The van der Waals surface area contributed by atoms with Crippen LogP contribution >= 0.6 is 0 Å². The van der Waals surface area contributed by atoms with Crippen LogP contribution in [0.3, 0.4) is 0 Å². The molecule has 0 amide bonds. The second kappa shape index (κ2) is 11.3. The molecule has 3 aromatic carbocycles. The van der Waals surface area contributed by atoms with Gasteiger partial charge in [0.25, 0.3) is 0 Å². The zero-order chi connectivity index (χ0) is 28.4. The van der Waals surface area contributed by atoms with Crippen LogP contribution in [0.15, 0.2) is 97.6 Å². The van der Waals surface area contributed by atoms with E-state index in [1.54, 1.807) is 18.0 Å². The van der Waals surface area contributed by atoms with Gasteiger partial charge in [-0.15, -0.1) is 0 Å². The summed E-state index contributed by atoms with van der Waals surface area (Å²) < 4.78 is 18.7. The van der Waals surface area contributed by atoms with Gasteiger partial charge in [-0.2, -0.15) is 0 Å². The Balaban J connectivity index is 1.52. The fourth-order valence-corrected chi connectivity index (χ4v) is 5.59. The third-order valence-electron chi connectivity index (χ3n) is 7.64. The molecule has 0 aliphatic carbocycles. The Kier molecular flexibility index (Phi) is 7.38. The molecule has 2 aromatic heterocycles. The summed E-state index contributed by atoms with van der Waals surface area (Å²) in [5.41, 5.74) is 3.10. The number of rotatable bonds is 9. The monoisotopic (exact) mass is 553 g/mol. The number of nitrogens with one attached hydrogen (secondary N) is 1. The van der Waals surface area contributed by atoms with Crippen molar-refractivity contribution in [2.75, 3.05) is 26.1 Å². The van der Waals surface area contributed by atoms with E-state index in [2.05, 4.69) is 44.5 Å². The van der Waals surface area contributed by atoms with Crippen molar-refractivity contribution in [2.45, 2.75) is 30.1 Å². The molecule has 1 fully saturated rings. The van der Waals surface area contributed by atoms with Crippen molar-refractivity contribution in [3.8, 4) is 5.75 Å². The molecular formula is C31H31N5O5. The maximum absolute atomic E-state index is 10.6. The highest BCUT2D eigenvalue weighted by molar-refractivity contribution is 5.84. The van der Waals surface area contributed by atoms with E-state index in [9.17, 15) is 10.2 Å². The number of fused-ring (bicyclic) bond motifs is 1. The zero-order valence-corrected chi connectivity index (χ0v) is 22.7. The van der Waals surface area contributed by atoms with Crippen LogP contribution < -0.4 is 10.1 Å². The summed E-state index contributed by atoms with van der Waals surface area (Å²) in [5, 5.41) is 24.1. The van der Waals surface area contributed by atoms with E-state index in [0.29, 0.717) is 17.0 Å². The number of methoxy groups -OCH3 is 2. The van der Waals surface area contributed by atoms with Gasteiger partial charge in [-0.1, -0.05) is 72.8 Å². The van der Waals surface area contributed by atoms with E-state index >= 15 is 0 Å². The van der Waals surface area contributed by atoms with E-state index in [4.69, 9.17) is 14.2 Å². The summed E-state index contributed by atoms with van der Waals surface area (Å²) in [6.07, 6.45) is -0.203. The maximum Gasteiger partial charge on any atom is 0.167 e. The molecular weight excluding hydrogens is 522 g/mol. The van der Waals surface area contributed by atoms with E-state index in [1.807, 2.05) is 60.7 Å². The van der Waals surface area contributed by atoms with E-state index in [-0.39, 0.29) is 6.61 Å². The average Bonchev–Trinajstić information content (AvgIpc) is 3.61. The minimum Gasteiger partial charge on any atom is -0.497 e. The highest BCUT2D eigenvalue weighted by Crippen LogP contribution is 2.41. The van der Waals surface area contributed by atoms with Gasteiger partial charge in [-0.25, -0.2) is 15.0 Å². The number of nitrogens with zero attached hydrogens (tertiary/aromatic N) is 4. The molecule has 41 heavy (non-hydrogen) atoms. The van der Waals surface area contributed by atoms with Crippen molar-refractivity contribution in [1.29, 1.82) is 0 Å². The van der Waals surface area contributed by atoms with Crippen LogP contribution in [0, 0.1) is 0 Å². The zero-order valence-electron chi connectivity index (χ0n) is 22.7. The van der Waals surface area contributed by atoms with Gasteiger partial charge in [-0.05, 0) is 28.8 Å². The van der Waals surface area contributed by atoms with Gasteiger partial charge in [0.1, 0.15) is 35.9 Å². The van der Waals surface area contributed by atoms with Crippen LogP contribution in [-0.4, -0.2) is 68.9 Å². The summed E-state index contributed by atoms with van der Waals surface area (Å²) >= 11 is 0. The van der Waals surface area contributed by atoms with E-state index in [0.717, 1.165) is 22.4 Å². The van der Waals surface area contributed by atoms with Crippen LogP contribution in [0.5, 0.6) is 5.75 Å². The first kappa shape index (κ1) is 26.9. The lowest BCUT2D eigenvalue weighted by Gasteiger charge is -2.37. The number of hydrogen-bond acceptors (Lipinski definition) is 9. The number of anilines is 1. The smallest absolute Gasteiger partial charge is 0.167 e. The molecule has 0 radical (unpaired) electrons. The number of ether oxygens (including phenoxy) is 3. The molecule has 10 heteroatoms. The molecule has 4 atom stereocenters. The van der Waals surface area contributed by atoms with Gasteiger partial charge < -0.3 is 29.7 Å². The SMILES string of the molecule is COc1ccc(C(Nc2ncnc3c2ncn3[C@@H]2O[C@H](CO)[C@@H](O)[C@H]2OC)(c2ccccc2)c2ccccc2)cc1. The van der Waals surface area contributed by atoms with Crippen molar-refractivity contribution in [3.05, 3.63) is 114 Å². The van der Waals surface area contributed by atoms with Gasteiger partial charge in [0, 0.05) is 7.11 Å². The van der Waals surface area contributed by atoms with Gasteiger partial charge in [-0.3, -0.25) is 4.57 Å². The lowest BCUT2D eigenvalue weighted by atomic mass is 9.77. The highest BCUT2D eigenvalue weighted by Gasteiger charge is 2.45. The molecule has 1 aliphatic rings. The maximum atomic E-state index is 10.6. The molecule has 1 aliphatic heterocycles. The van der Waals surface area contributed by atoms with E-state index in [1.165, 1.54) is 13.4 Å². The van der Waals surface area contributed by atoms with Crippen molar-refractivity contribution >= 4 is 17.0 Å². The van der Waals surface area contributed by atoms with Gasteiger partial charge in [0.05, 0.1) is 20.0 Å². The molecule has 6 rings (SSSR count). The van der Waals surface area contributed by atoms with Crippen molar-refractivity contribution < 1.29 is 24.4 Å². The minimum absolute atomic E-state index is 0.343. The summed E-state index contributed by atoms with van der Waals surface area (Å²) in [6, 6.07) is 28.3. The fraction of sp³-hybridized carbons (Fsp3) is 0.258. The first-order valence-corrected chi connectivity index (χ1v) is 13.3. The Labute approximate surface area is 237 Å². The Bertz CT molecular complexity index is 1560. The third-order valence-corrected chi connectivity index (χ3v) is 7.64. The van der Waals surface area contributed by atoms with Crippen LogP contribution in [0.4, 0.5) is 5.82 Å². The van der Waals surface area contributed by atoms with Crippen molar-refractivity contribution in [3.63, 3.8) is 0 Å². The Morgan fingerprint density at radius 3 is 2.10 bits per heavy atom. The second-order valence-electron chi connectivity index (χ2n) is 9.82. The first-order chi connectivity index (χ1) is 20.1. The molecule has 1 saturated heterocycles. The number of hydrogen-bond donors (Lipinski definition) is 3. The van der Waals surface area contributed by atoms with Crippen LogP contribution in [-0.2, 0) is 15.0 Å². The molecule has 3 N–H and O–H groups in total. The third kappa shape index (κ3) is 4.60. The number of aromatic nitrogens is 4. The molecule has 0 unspecified atom stereocenters. The van der Waals surface area contributed by atoms with Crippen LogP contribution in [0.1, 0.15) is 22.9 Å².